The van der Waals surface area contributed by atoms with Gasteiger partial charge in [0.1, 0.15) is 5.44 Å². The molecule has 0 spiro atoms. The average molecular weight is 246 g/mol. The van der Waals surface area contributed by atoms with Gasteiger partial charge in [0.25, 0.3) is 0 Å². The topological polar surface area (TPSA) is 9.23 Å². The van der Waals surface area contributed by atoms with Crippen LogP contribution in [0.4, 0.5) is 0 Å². The maximum Gasteiger partial charge on any atom is 0.103 e. The van der Waals surface area contributed by atoms with E-state index in [2.05, 4.69) is 20.8 Å². The molecule has 0 saturated heterocycles. The molecular formula is C14H30OS. The lowest BCUT2D eigenvalue weighted by atomic mass is 10.1. The molecule has 98 valence electrons. The van der Waals surface area contributed by atoms with Crippen LogP contribution < -0.4 is 0 Å². The van der Waals surface area contributed by atoms with Gasteiger partial charge < -0.3 is 4.74 Å². The van der Waals surface area contributed by atoms with E-state index in [1.54, 1.807) is 0 Å². The van der Waals surface area contributed by atoms with Crippen molar-refractivity contribution >= 4 is 11.8 Å². The molecule has 0 aromatic rings. The lowest BCUT2D eigenvalue weighted by molar-refractivity contribution is 0.162. The Balaban J connectivity index is 3.27. The van der Waals surface area contributed by atoms with Crippen molar-refractivity contribution in [2.75, 3.05) is 7.11 Å². The first-order valence-corrected chi connectivity index (χ1v) is 7.83. The SMILES string of the molecule is CCCCCCCCCC(OC)SC(C)C. The molecule has 16 heavy (non-hydrogen) atoms. The van der Waals surface area contributed by atoms with Gasteiger partial charge in [-0.2, -0.15) is 0 Å². The van der Waals surface area contributed by atoms with Gasteiger partial charge in [0.05, 0.1) is 0 Å². The normalized spacial score (nSPS) is 13.3. The van der Waals surface area contributed by atoms with Crippen LogP contribution in [0.2, 0.25) is 0 Å². The molecule has 0 heterocycles. The van der Waals surface area contributed by atoms with Crippen molar-refractivity contribution in [1.29, 1.82) is 0 Å². The molecule has 0 amide bonds. The van der Waals surface area contributed by atoms with Crippen molar-refractivity contribution in [3.05, 3.63) is 0 Å². The van der Waals surface area contributed by atoms with Gasteiger partial charge in [0.2, 0.25) is 0 Å². The molecule has 2 heteroatoms. The number of thioether (sulfide) groups is 1. The largest absolute Gasteiger partial charge is 0.371 e. The number of unbranched alkanes of at least 4 members (excludes halogenated alkanes) is 6. The molecule has 1 unspecified atom stereocenters. The summed E-state index contributed by atoms with van der Waals surface area (Å²) in [7, 11) is 1.83. The minimum absolute atomic E-state index is 0.413. The Morgan fingerprint density at radius 2 is 1.50 bits per heavy atom. The van der Waals surface area contributed by atoms with Gasteiger partial charge in [-0.25, -0.2) is 0 Å². The van der Waals surface area contributed by atoms with Gasteiger partial charge in [-0.05, 0) is 12.8 Å². The molecule has 0 aromatic carbocycles. The predicted molar refractivity (Wildman–Crippen MR) is 76.1 cm³/mol. The quantitative estimate of drug-likeness (QED) is 0.364. The summed E-state index contributed by atoms with van der Waals surface area (Å²) in [5, 5.41) is 0.675. The van der Waals surface area contributed by atoms with Crippen molar-refractivity contribution < 1.29 is 4.74 Å². The van der Waals surface area contributed by atoms with Gasteiger partial charge >= 0.3 is 0 Å². The highest BCUT2D eigenvalue weighted by atomic mass is 32.2. The van der Waals surface area contributed by atoms with Crippen LogP contribution in [-0.4, -0.2) is 17.8 Å². The summed E-state index contributed by atoms with van der Waals surface area (Å²) in [4.78, 5) is 0. The van der Waals surface area contributed by atoms with Crippen molar-refractivity contribution in [3.63, 3.8) is 0 Å². The summed E-state index contributed by atoms with van der Waals surface area (Å²) < 4.78 is 5.47. The molecule has 0 fully saturated rings. The molecule has 0 aliphatic heterocycles. The van der Waals surface area contributed by atoms with Crippen LogP contribution in [-0.2, 0) is 4.74 Å². The van der Waals surface area contributed by atoms with E-state index in [0.717, 1.165) is 0 Å². The van der Waals surface area contributed by atoms with E-state index in [4.69, 9.17) is 4.74 Å². The molecule has 1 nitrogen and oxygen atoms in total. The number of hydrogen-bond donors (Lipinski definition) is 0. The highest BCUT2D eigenvalue weighted by molar-refractivity contribution is 8.00. The Labute approximate surface area is 107 Å². The van der Waals surface area contributed by atoms with Crippen LogP contribution in [0.25, 0.3) is 0 Å². The van der Waals surface area contributed by atoms with Crippen LogP contribution in [0.1, 0.15) is 72.1 Å². The van der Waals surface area contributed by atoms with Crippen molar-refractivity contribution in [2.24, 2.45) is 0 Å². The van der Waals surface area contributed by atoms with Crippen LogP contribution in [0.15, 0.2) is 0 Å². The second-order valence-electron chi connectivity index (χ2n) is 4.76. The van der Waals surface area contributed by atoms with Crippen LogP contribution in [0.3, 0.4) is 0 Å². The van der Waals surface area contributed by atoms with E-state index in [-0.39, 0.29) is 0 Å². The third kappa shape index (κ3) is 10.8. The first kappa shape index (κ1) is 16.3. The third-order valence-corrected chi connectivity index (χ3v) is 4.01. The predicted octanol–water partition coefficient (Wildman–Crippen LogP) is 5.24. The summed E-state index contributed by atoms with van der Waals surface area (Å²) in [5.74, 6) is 0. The Morgan fingerprint density at radius 3 is 2.00 bits per heavy atom. The van der Waals surface area contributed by atoms with E-state index in [1.165, 1.54) is 51.4 Å². The maximum atomic E-state index is 5.47. The second kappa shape index (κ2) is 11.8. The Morgan fingerprint density at radius 1 is 0.938 bits per heavy atom. The third-order valence-electron chi connectivity index (χ3n) is 2.73. The van der Waals surface area contributed by atoms with Crippen molar-refractivity contribution in [2.45, 2.75) is 82.8 Å². The first-order chi connectivity index (χ1) is 7.70. The minimum Gasteiger partial charge on any atom is -0.371 e. The number of hydrogen-bond acceptors (Lipinski definition) is 2. The summed E-state index contributed by atoms with van der Waals surface area (Å²) in [6.45, 7) is 6.75. The molecule has 0 N–H and O–H groups in total. The van der Waals surface area contributed by atoms with Crippen molar-refractivity contribution in [1.82, 2.24) is 0 Å². The molecule has 0 aliphatic carbocycles. The maximum absolute atomic E-state index is 5.47. The molecule has 0 saturated carbocycles. The zero-order valence-corrected chi connectivity index (χ0v) is 12.4. The average Bonchev–Trinajstić information content (AvgIpc) is 2.25. The molecule has 0 bridgehead atoms. The van der Waals surface area contributed by atoms with E-state index in [9.17, 15) is 0 Å². The van der Waals surface area contributed by atoms with Crippen molar-refractivity contribution in [3.8, 4) is 0 Å². The summed E-state index contributed by atoms with van der Waals surface area (Å²) in [5.41, 5.74) is 0.413. The minimum atomic E-state index is 0.413. The second-order valence-corrected chi connectivity index (χ2v) is 6.50. The lowest BCUT2D eigenvalue weighted by Crippen LogP contribution is -2.08. The standard InChI is InChI=1S/C14H30OS/c1-5-6-7-8-9-10-11-12-14(15-4)16-13(2)3/h13-14H,5-12H2,1-4H3. The molecular weight excluding hydrogens is 216 g/mol. The Bertz CT molecular complexity index is 137. The zero-order valence-electron chi connectivity index (χ0n) is 11.6. The van der Waals surface area contributed by atoms with Gasteiger partial charge in [-0.15, -0.1) is 11.8 Å². The Kier molecular flexibility index (Phi) is 12.0. The number of ether oxygens (including phenoxy) is 1. The van der Waals surface area contributed by atoms with Crippen LogP contribution in [0.5, 0.6) is 0 Å². The van der Waals surface area contributed by atoms with Crippen LogP contribution in [0, 0.1) is 0 Å². The lowest BCUT2D eigenvalue weighted by Gasteiger charge is -2.16. The van der Waals surface area contributed by atoms with Gasteiger partial charge in [0.15, 0.2) is 0 Å². The summed E-state index contributed by atoms with van der Waals surface area (Å²) in [6, 6.07) is 0. The van der Waals surface area contributed by atoms with Gasteiger partial charge in [0, 0.05) is 12.4 Å². The monoisotopic (exact) mass is 246 g/mol. The fourth-order valence-electron chi connectivity index (χ4n) is 1.81. The molecule has 1 atom stereocenters. The van der Waals surface area contributed by atoms with E-state index in [0.29, 0.717) is 10.7 Å². The smallest absolute Gasteiger partial charge is 0.103 e. The summed E-state index contributed by atoms with van der Waals surface area (Å²) >= 11 is 1.95. The molecule has 0 aromatic heterocycles. The van der Waals surface area contributed by atoms with Gasteiger partial charge in [-0.3, -0.25) is 0 Å². The highest BCUT2D eigenvalue weighted by Crippen LogP contribution is 2.23. The molecule has 0 aliphatic rings. The Hall–Kier alpha value is 0.310. The van der Waals surface area contributed by atoms with Crippen LogP contribution >= 0.6 is 11.8 Å². The first-order valence-electron chi connectivity index (χ1n) is 6.89. The fourth-order valence-corrected chi connectivity index (χ4v) is 2.83. The number of methoxy groups -OCH3 is 1. The number of rotatable bonds is 11. The highest BCUT2D eigenvalue weighted by Gasteiger charge is 2.09. The summed E-state index contributed by atoms with van der Waals surface area (Å²) in [6.07, 6.45) is 10.9. The molecule has 0 rings (SSSR count). The van der Waals surface area contributed by atoms with E-state index >= 15 is 0 Å². The fraction of sp³-hybridized carbons (Fsp3) is 1.00. The zero-order chi connectivity index (χ0) is 12.2. The van der Waals surface area contributed by atoms with Gasteiger partial charge in [-0.1, -0.05) is 59.3 Å². The van der Waals surface area contributed by atoms with E-state index < -0.39 is 0 Å². The molecule has 0 radical (unpaired) electrons. The van der Waals surface area contributed by atoms with E-state index in [1.807, 2.05) is 18.9 Å².